The van der Waals surface area contributed by atoms with E-state index < -0.39 is 0 Å². The molecule has 0 aliphatic heterocycles. The highest BCUT2D eigenvalue weighted by atomic mass is 14.9. The Bertz CT molecular complexity index is 527. The first-order valence-electron chi connectivity index (χ1n) is 7.96. The molecule has 0 spiro atoms. The molecule has 2 atom stereocenters. The van der Waals surface area contributed by atoms with Gasteiger partial charge < -0.3 is 5.32 Å². The van der Waals surface area contributed by atoms with E-state index in [4.69, 9.17) is 0 Å². The maximum absolute atomic E-state index is 3.68. The van der Waals surface area contributed by atoms with E-state index in [2.05, 4.69) is 68.6 Å². The number of rotatable bonds is 7. The van der Waals surface area contributed by atoms with Crippen LogP contribution in [-0.2, 0) is 6.42 Å². The Hall–Kier alpha value is -1.34. The van der Waals surface area contributed by atoms with Crippen LogP contribution in [0.3, 0.4) is 0 Å². The van der Waals surface area contributed by atoms with Crippen molar-refractivity contribution in [2.24, 2.45) is 5.92 Å². The number of hydrogen-bond acceptors (Lipinski definition) is 1. The zero-order valence-corrected chi connectivity index (χ0v) is 13.0. The molecule has 0 amide bonds. The van der Waals surface area contributed by atoms with Gasteiger partial charge in [0, 0.05) is 6.04 Å². The summed E-state index contributed by atoms with van der Waals surface area (Å²) >= 11 is 0. The first kappa shape index (κ1) is 15.1. The lowest BCUT2D eigenvalue weighted by atomic mass is 9.89. The molecule has 0 radical (unpaired) electrons. The fourth-order valence-corrected chi connectivity index (χ4v) is 3.10. The predicted molar refractivity (Wildman–Crippen MR) is 89.2 cm³/mol. The van der Waals surface area contributed by atoms with E-state index in [1.165, 1.54) is 29.2 Å². The van der Waals surface area contributed by atoms with Crippen molar-refractivity contribution in [3.63, 3.8) is 0 Å². The van der Waals surface area contributed by atoms with Gasteiger partial charge in [-0.05, 0) is 41.6 Å². The highest BCUT2D eigenvalue weighted by Crippen LogP contribution is 2.22. The van der Waals surface area contributed by atoms with Crippen LogP contribution >= 0.6 is 0 Å². The second-order valence-corrected chi connectivity index (χ2v) is 5.77. The van der Waals surface area contributed by atoms with Crippen LogP contribution in [0.15, 0.2) is 42.5 Å². The van der Waals surface area contributed by atoms with Crippen molar-refractivity contribution < 1.29 is 0 Å². The zero-order chi connectivity index (χ0) is 14.4. The van der Waals surface area contributed by atoms with Gasteiger partial charge in [-0.1, -0.05) is 69.7 Å². The number of nitrogens with one attached hydrogen (secondary N) is 1. The van der Waals surface area contributed by atoms with E-state index in [0.29, 0.717) is 6.04 Å². The molecule has 20 heavy (non-hydrogen) atoms. The molecule has 1 N–H and O–H groups in total. The molecule has 0 saturated heterocycles. The van der Waals surface area contributed by atoms with E-state index in [0.717, 1.165) is 18.9 Å². The van der Waals surface area contributed by atoms with E-state index >= 15 is 0 Å². The molecule has 2 unspecified atom stereocenters. The molecule has 1 nitrogen and oxygen atoms in total. The molecule has 108 valence electrons. The van der Waals surface area contributed by atoms with Crippen molar-refractivity contribution in [3.8, 4) is 0 Å². The molecule has 2 aromatic rings. The van der Waals surface area contributed by atoms with Gasteiger partial charge in [0.25, 0.3) is 0 Å². The van der Waals surface area contributed by atoms with Crippen LogP contribution in [0.5, 0.6) is 0 Å². The third-order valence-electron chi connectivity index (χ3n) is 4.22. The standard InChI is InChI=1S/C19H27N/c1-4-9-15(3)19(20-5-2)14-17-12-8-11-16-10-6-7-13-18(16)17/h6-8,10-13,15,19-20H,4-5,9,14H2,1-3H3. The van der Waals surface area contributed by atoms with Crippen LogP contribution in [0.1, 0.15) is 39.2 Å². The van der Waals surface area contributed by atoms with Gasteiger partial charge in [0.1, 0.15) is 0 Å². The van der Waals surface area contributed by atoms with Crippen molar-refractivity contribution in [1.82, 2.24) is 5.32 Å². The third kappa shape index (κ3) is 3.61. The van der Waals surface area contributed by atoms with Crippen molar-refractivity contribution in [3.05, 3.63) is 48.0 Å². The van der Waals surface area contributed by atoms with Gasteiger partial charge in [0.05, 0.1) is 0 Å². The Kier molecular flexibility index (Phi) is 5.60. The third-order valence-corrected chi connectivity index (χ3v) is 4.22. The summed E-state index contributed by atoms with van der Waals surface area (Å²) in [6.45, 7) is 7.90. The van der Waals surface area contributed by atoms with Crippen molar-refractivity contribution in [1.29, 1.82) is 0 Å². The lowest BCUT2D eigenvalue weighted by molar-refractivity contribution is 0.358. The van der Waals surface area contributed by atoms with Crippen molar-refractivity contribution in [2.45, 2.75) is 46.1 Å². The monoisotopic (exact) mass is 269 g/mol. The van der Waals surface area contributed by atoms with Gasteiger partial charge in [-0.25, -0.2) is 0 Å². The Morgan fingerprint density at radius 2 is 1.75 bits per heavy atom. The molecule has 0 heterocycles. The van der Waals surface area contributed by atoms with E-state index in [1.54, 1.807) is 0 Å². The predicted octanol–water partition coefficient (Wildman–Crippen LogP) is 4.80. The summed E-state index contributed by atoms with van der Waals surface area (Å²) in [6, 6.07) is 16.0. The molecule has 0 saturated carbocycles. The minimum Gasteiger partial charge on any atom is -0.314 e. The molecule has 2 aromatic carbocycles. The lowest BCUT2D eigenvalue weighted by Crippen LogP contribution is -2.36. The molecular formula is C19H27N. The fourth-order valence-electron chi connectivity index (χ4n) is 3.10. The number of likely N-dealkylation sites (N-methyl/N-ethyl adjacent to an activating group) is 1. The molecule has 0 fully saturated rings. The normalized spacial score (nSPS) is 14.3. The highest BCUT2D eigenvalue weighted by molar-refractivity contribution is 5.85. The summed E-state index contributed by atoms with van der Waals surface area (Å²) in [7, 11) is 0. The fraction of sp³-hybridized carbons (Fsp3) is 0.474. The summed E-state index contributed by atoms with van der Waals surface area (Å²) in [5.74, 6) is 0.721. The van der Waals surface area contributed by atoms with E-state index in [9.17, 15) is 0 Å². The van der Waals surface area contributed by atoms with Crippen LogP contribution in [0.2, 0.25) is 0 Å². The number of benzene rings is 2. The second-order valence-electron chi connectivity index (χ2n) is 5.77. The topological polar surface area (TPSA) is 12.0 Å². The average Bonchev–Trinajstić information content (AvgIpc) is 2.47. The van der Waals surface area contributed by atoms with Crippen LogP contribution in [-0.4, -0.2) is 12.6 Å². The number of fused-ring (bicyclic) bond motifs is 1. The van der Waals surface area contributed by atoms with Crippen LogP contribution < -0.4 is 5.32 Å². The van der Waals surface area contributed by atoms with Gasteiger partial charge in [-0.3, -0.25) is 0 Å². The van der Waals surface area contributed by atoms with E-state index in [1.807, 2.05) is 0 Å². The van der Waals surface area contributed by atoms with Gasteiger partial charge in [0.2, 0.25) is 0 Å². The molecule has 0 aliphatic carbocycles. The molecular weight excluding hydrogens is 242 g/mol. The Labute approximate surface area is 123 Å². The van der Waals surface area contributed by atoms with E-state index in [-0.39, 0.29) is 0 Å². The molecule has 1 heteroatoms. The summed E-state index contributed by atoms with van der Waals surface area (Å²) in [4.78, 5) is 0. The zero-order valence-electron chi connectivity index (χ0n) is 13.0. The van der Waals surface area contributed by atoms with Gasteiger partial charge in [0.15, 0.2) is 0 Å². The average molecular weight is 269 g/mol. The minimum absolute atomic E-state index is 0.575. The Balaban J connectivity index is 2.24. The van der Waals surface area contributed by atoms with Crippen LogP contribution in [0.4, 0.5) is 0 Å². The Morgan fingerprint density at radius 1 is 1.00 bits per heavy atom. The van der Waals surface area contributed by atoms with Gasteiger partial charge >= 0.3 is 0 Å². The van der Waals surface area contributed by atoms with Crippen LogP contribution in [0, 0.1) is 5.92 Å². The molecule has 2 rings (SSSR count). The molecule has 0 bridgehead atoms. The maximum atomic E-state index is 3.68. The first-order chi connectivity index (χ1) is 9.76. The molecule has 0 aliphatic rings. The first-order valence-corrected chi connectivity index (χ1v) is 7.96. The summed E-state index contributed by atoms with van der Waals surface area (Å²) in [5, 5.41) is 6.43. The summed E-state index contributed by atoms with van der Waals surface area (Å²) < 4.78 is 0. The van der Waals surface area contributed by atoms with Gasteiger partial charge in [-0.2, -0.15) is 0 Å². The molecule has 0 aromatic heterocycles. The second kappa shape index (κ2) is 7.44. The smallest absolute Gasteiger partial charge is 0.0133 e. The maximum Gasteiger partial charge on any atom is 0.0133 e. The van der Waals surface area contributed by atoms with Crippen molar-refractivity contribution in [2.75, 3.05) is 6.54 Å². The SMILES string of the molecule is CCCC(C)C(Cc1cccc2ccccc12)NCC. The van der Waals surface area contributed by atoms with Crippen molar-refractivity contribution >= 4 is 10.8 Å². The quantitative estimate of drug-likeness (QED) is 0.761. The summed E-state index contributed by atoms with van der Waals surface area (Å²) in [6.07, 6.45) is 3.68. The largest absolute Gasteiger partial charge is 0.314 e. The van der Waals surface area contributed by atoms with Crippen LogP contribution in [0.25, 0.3) is 10.8 Å². The number of hydrogen-bond donors (Lipinski definition) is 1. The summed E-state index contributed by atoms with van der Waals surface area (Å²) in [5.41, 5.74) is 1.47. The minimum atomic E-state index is 0.575. The Morgan fingerprint density at radius 3 is 2.50 bits per heavy atom. The van der Waals surface area contributed by atoms with Gasteiger partial charge in [-0.15, -0.1) is 0 Å². The lowest BCUT2D eigenvalue weighted by Gasteiger charge is -2.25. The highest BCUT2D eigenvalue weighted by Gasteiger charge is 2.16.